The molecule has 9 rings (SSSR count). The van der Waals surface area contributed by atoms with Crippen molar-refractivity contribution in [2.45, 2.75) is 38.5 Å². The van der Waals surface area contributed by atoms with Crippen molar-refractivity contribution >= 4 is 30.6 Å². The second-order valence-electron chi connectivity index (χ2n) is 15.8. The molecule has 0 fully saturated rings. The molecule has 0 aliphatic carbocycles. The number of para-hydroxylation sites is 3. The Bertz CT molecular complexity index is 2460. The van der Waals surface area contributed by atoms with E-state index in [-0.39, 0.29) is 10.8 Å². The van der Waals surface area contributed by atoms with Gasteiger partial charge in [-0.25, -0.2) is 0 Å². The molecule has 0 spiro atoms. The molecule has 0 atom stereocenters. The molecule has 0 saturated heterocycles. The number of phosphoric acid groups is 1. The molecular weight excluding hydrogens is 756 g/mol. The zero-order valence-electron chi connectivity index (χ0n) is 33.4. The maximum atomic E-state index is 14.5. The highest BCUT2D eigenvalue weighted by Gasteiger charge is 2.35. The van der Waals surface area contributed by atoms with Crippen LogP contribution in [0.25, 0.3) is 0 Å². The van der Waals surface area contributed by atoms with E-state index in [1.807, 2.05) is 91.0 Å². The van der Waals surface area contributed by atoms with Gasteiger partial charge in [0.15, 0.2) is 13.5 Å². The highest BCUT2D eigenvalue weighted by Crippen LogP contribution is 2.51. The zero-order valence-corrected chi connectivity index (χ0v) is 34.3. The summed E-state index contributed by atoms with van der Waals surface area (Å²) in [6.45, 7) is 9.66. The van der Waals surface area contributed by atoms with Gasteiger partial charge in [0.25, 0.3) is 0 Å². The molecule has 0 unspecified atom stereocenters. The molecule has 296 valence electrons. The van der Waals surface area contributed by atoms with Crippen LogP contribution < -0.4 is 32.8 Å². The minimum Gasteiger partial charge on any atom is -0.471 e. The lowest BCUT2D eigenvalue weighted by atomic mass is 9.78. The van der Waals surface area contributed by atoms with Gasteiger partial charge in [-0.2, -0.15) is 4.57 Å². The first kappa shape index (κ1) is 37.9. The number of phosphoric ester groups is 1. The lowest BCUT2D eigenvalue weighted by Crippen LogP contribution is -2.20. The molecule has 0 aromatic heterocycles. The Morgan fingerprint density at radius 2 is 0.780 bits per heavy atom. The quantitative estimate of drug-likeness (QED) is 0.113. The minimum absolute atomic E-state index is 0.351. The van der Waals surface area contributed by atoms with Crippen LogP contribution in [-0.2, 0) is 15.4 Å². The van der Waals surface area contributed by atoms with Crippen molar-refractivity contribution in [3.63, 3.8) is 0 Å². The molecule has 9 heteroatoms. The number of benzene rings is 7. The van der Waals surface area contributed by atoms with Gasteiger partial charge in [-0.05, 0) is 107 Å². The second kappa shape index (κ2) is 15.3. The molecule has 2 aliphatic heterocycles. The highest BCUT2D eigenvalue weighted by atomic mass is 31.2. The Hall–Kier alpha value is -6.63. The molecule has 0 radical (unpaired) electrons. The number of fused-ring (bicyclic) bond motifs is 2. The maximum absolute atomic E-state index is 14.5. The number of anilines is 4. The van der Waals surface area contributed by atoms with E-state index >= 15 is 0 Å². The van der Waals surface area contributed by atoms with Crippen molar-refractivity contribution in [2.75, 3.05) is 23.3 Å². The summed E-state index contributed by atoms with van der Waals surface area (Å²) in [5.74, 6) is 2.78. The van der Waals surface area contributed by atoms with E-state index in [0.29, 0.717) is 30.7 Å². The molecule has 59 heavy (non-hydrogen) atoms. The topological polar surface area (TPSA) is 69.7 Å². The summed E-state index contributed by atoms with van der Waals surface area (Å²) in [6, 6.07) is 57.3. The van der Waals surface area contributed by atoms with E-state index in [9.17, 15) is 4.57 Å². The lowest BCUT2D eigenvalue weighted by Gasteiger charge is -2.28. The average Bonchev–Trinajstić information content (AvgIpc) is 3.89. The molecule has 0 saturated carbocycles. The molecule has 8 nitrogen and oxygen atoms in total. The van der Waals surface area contributed by atoms with Crippen LogP contribution in [0.4, 0.5) is 22.7 Å². The first-order chi connectivity index (χ1) is 28.6. The number of ether oxygens (including phenoxy) is 2. The molecule has 2 aliphatic rings. The van der Waals surface area contributed by atoms with Gasteiger partial charge in [0.2, 0.25) is 0 Å². The third-order valence-corrected chi connectivity index (χ3v) is 12.6. The maximum Gasteiger partial charge on any atom is 0.647 e. The summed E-state index contributed by atoms with van der Waals surface area (Å²) >= 11 is 0. The third-order valence-electron chi connectivity index (χ3n) is 11.3. The molecule has 7 aromatic rings. The van der Waals surface area contributed by atoms with Gasteiger partial charge >= 0.3 is 7.82 Å². The summed E-state index contributed by atoms with van der Waals surface area (Å²) in [6.07, 6.45) is 0. The van der Waals surface area contributed by atoms with Crippen LogP contribution in [0, 0.1) is 0 Å². The fourth-order valence-electron chi connectivity index (χ4n) is 7.65. The smallest absolute Gasteiger partial charge is 0.471 e. The fourth-order valence-corrected chi connectivity index (χ4v) is 8.90. The molecular formula is C50H45N2O6P. The Balaban J connectivity index is 0.939. The second-order valence-corrected chi connectivity index (χ2v) is 17.2. The number of hydrogen-bond acceptors (Lipinski definition) is 8. The van der Waals surface area contributed by atoms with Crippen LogP contribution in [0.3, 0.4) is 0 Å². The van der Waals surface area contributed by atoms with E-state index in [1.165, 1.54) is 0 Å². The Labute approximate surface area is 345 Å². The predicted octanol–water partition coefficient (Wildman–Crippen LogP) is 13.0. The summed E-state index contributed by atoms with van der Waals surface area (Å²) in [5.41, 5.74) is 7.83. The van der Waals surface area contributed by atoms with Gasteiger partial charge in [-0.3, -0.25) is 0 Å². The van der Waals surface area contributed by atoms with Gasteiger partial charge in [0, 0.05) is 22.2 Å². The monoisotopic (exact) mass is 800 g/mol. The van der Waals surface area contributed by atoms with E-state index in [4.69, 9.17) is 23.0 Å². The summed E-state index contributed by atoms with van der Waals surface area (Å²) in [7, 11) is -4.24. The normalized spacial score (nSPS) is 13.6. The van der Waals surface area contributed by atoms with E-state index < -0.39 is 7.82 Å². The van der Waals surface area contributed by atoms with Crippen LogP contribution in [0.5, 0.6) is 28.7 Å². The summed E-state index contributed by atoms with van der Waals surface area (Å²) < 4.78 is 44.8. The van der Waals surface area contributed by atoms with Gasteiger partial charge in [-0.1, -0.05) is 119 Å². The average molecular weight is 801 g/mol. The standard InChI is InChI=1S/C50H45N2O6P/c1-49(2,38-24-30-47-45(32-38)51(34-54-47)40-14-8-5-9-15-40)36-20-26-43(27-21-36)57-59(53,56-42-18-12-7-13-19-42)58-44-28-22-37(23-29-44)50(3,4)39-25-31-48-46(33-39)52(35-55-48)41-16-10-6-11-17-41/h5-33H,34-35H2,1-4H3. The highest BCUT2D eigenvalue weighted by molar-refractivity contribution is 7.49. The first-order valence-corrected chi connectivity index (χ1v) is 21.2. The molecule has 2 heterocycles. The van der Waals surface area contributed by atoms with Crippen LogP contribution >= 0.6 is 7.82 Å². The van der Waals surface area contributed by atoms with Crippen molar-refractivity contribution in [1.82, 2.24) is 0 Å². The molecule has 0 N–H and O–H groups in total. The van der Waals surface area contributed by atoms with Gasteiger partial charge in [0.1, 0.15) is 28.7 Å². The van der Waals surface area contributed by atoms with Crippen molar-refractivity contribution in [1.29, 1.82) is 0 Å². The van der Waals surface area contributed by atoms with Crippen molar-refractivity contribution < 1.29 is 27.6 Å². The first-order valence-electron chi connectivity index (χ1n) is 19.7. The Morgan fingerprint density at radius 3 is 1.17 bits per heavy atom. The predicted molar refractivity (Wildman–Crippen MR) is 234 cm³/mol. The van der Waals surface area contributed by atoms with Crippen LogP contribution in [0.1, 0.15) is 49.9 Å². The lowest BCUT2D eigenvalue weighted by molar-refractivity contribution is 0.298. The fraction of sp³-hybridized carbons (Fsp3) is 0.160. The number of hydrogen-bond donors (Lipinski definition) is 0. The summed E-state index contributed by atoms with van der Waals surface area (Å²) in [5, 5.41) is 0. The molecule has 7 aromatic carbocycles. The largest absolute Gasteiger partial charge is 0.647 e. The van der Waals surface area contributed by atoms with Gasteiger partial charge in [0.05, 0.1) is 11.4 Å². The van der Waals surface area contributed by atoms with Crippen LogP contribution in [0.2, 0.25) is 0 Å². The molecule has 0 bridgehead atoms. The molecule has 0 amide bonds. The van der Waals surface area contributed by atoms with E-state index in [1.54, 1.807) is 36.4 Å². The van der Waals surface area contributed by atoms with Crippen LogP contribution in [0.15, 0.2) is 176 Å². The van der Waals surface area contributed by atoms with Crippen molar-refractivity contribution in [2.24, 2.45) is 0 Å². The number of rotatable bonds is 12. The SMILES string of the molecule is CC(C)(c1ccc(OP(=O)(Oc2ccccc2)Oc2ccc(C(C)(C)c3ccc4c(c3)N(c3ccccc3)CO4)cc2)cc1)c1ccc2c(c1)N(c1ccccc1)CO2. The number of nitrogens with zero attached hydrogens (tertiary/aromatic N) is 2. The third kappa shape index (κ3) is 7.60. The Morgan fingerprint density at radius 1 is 0.441 bits per heavy atom. The minimum atomic E-state index is -4.24. The van der Waals surface area contributed by atoms with Crippen molar-refractivity contribution in [3.05, 3.63) is 198 Å². The van der Waals surface area contributed by atoms with Gasteiger partial charge in [-0.15, -0.1) is 0 Å². The summed E-state index contributed by atoms with van der Waals surface area (Å²) in [4.78, 5) is 4.35. The van der Waals surface area contributed by atoms with E-state index in [0.717, 1.165) is 56.5 Å². The van der Waals surface area contributed by atoms with Gasteiger partial charge < -0.3 is 32.8 Å². The Kier molecular flexibility index (Phi) is 9.82. The van der Waals surface area contributed by atoms with Crippen LogP contribution in [-0.4, -0.2) is 13.5 Å². The van der Waals surface area contributed by atoms with Crippen molar-refractivity contribution in [3.8, 4) is 28.7 Å². The van der Waals surface area contributed by atoms with E-state index in [2.05, 4.69) is 86.0 Å². The zero-order chi connectivity index (χ0) is 40.6.